The SMILES string of the molecule is CN=C(NCCCCn1ccnc1C)NCCc1ncc(C)s1.I. The first-order valence-corrected chi connectivity index (χ1v) is 8.84. The highest BCUT2D eigenvalue weighted by Gasteiger charge is 2.01. The minimum atomic E-state index is 0. The number of imidazole rings is 1. The van der Waals surface area contributed by atoms with Crippen LogP contribution in [0.25, 0.3) is 0 Å². The number of unbranched alkanes of at least 4 members (excludes halogenated alkanes) is 1. The van der Waals surface area contributed by atoms with Crippen molar-refractivity contribution in [2.75, 3.05) is 20.1 Å². The van der Waals surface area contributed by atoms with Crippen molar-refractivity contribution in [3.05, 3.63) is 34.3 Å². The Morgan fingerprint density at radius 1 is 1.21 bits per heavy atom. The zero-order chi connectivity index (χ0) is 16.5. The molecule has 0 aliphatic rings. The number of hydrogen-bond donors (Lipinski definition) is 2. The van der Waals surface area contributed by atoms with Crippen molar-refractivity contribution in [1.29, 1.82) is 0 Å². The summed E-state index contributed by atoms with van der Waals surface area (Å²) in [7, 11) is 1.80. The van der Waals surface area contributed by atoms with Gasteiger partial charge in [-0.25, -0.2) is 9.97 Å². The molecule has 2 rings (SSSR count). The number of nitrogens with one attached hydrogen (secondary N) is 2. The van der Waals surface area contributed by atoms with Crippen LogP contribution < -0.4 is 10.6 Å². The fourth-order valence-corrected chi connectivity index (χ4v) is 3.07. The van der Waals surface area contributed by atoms with Crippen molar-refractivity contribution in [2.45, 2.75) is 39.7 Å². The molecule has 24 heavy (non-hydrogen) atoms. The number of aromatic nitrogens is 3. The molecular formula is C16H27IN6S. The zero-order valence-corrected chi connectivity index (χ0v) is 17.7. The molecule has 2 N–H and O–H groups in total. The van der Waals surface area contributed by atoms with Gasteiger partial charge in [0.05, 0.1) is 5.01 Å². The molecule has 0 spiro atoms. The van der Waals surface area contributed by atoms with Crippen molar-refractivity contribution in [3.63, 3.8) is 0 Å². The molecule has 2 aromatic heterocycles. The Hall–Kier alpha value is -1.16. The summed E-state index contributed by atoms with van der Waals surface area (Å²) >= 11 is 1.75. The molecule has 0 amide bonds. The Labute approximate surface area is 165 Å². The third-order valence-electron chi connectivity index (χ3n) is 3.57. The summed E-state index contributed by atoms with van der Waals surface area (Å²) < 4.78 is 2.18. The molecule has 0 radical (unpaired) electrons. The molecule has 0 saturated heterocycles. The molecule has 2 heterocycles. The first-order valence-electron chi connectivity index (χ1n) is 8.02. The number of nitrogens with zero attached hydrogens (tertiary/aromatic N) is 4. The van der Waals surface area contributed by atoms with Crippen LogP contribution >= 0.6 is 35.3 Å². The van der Waals surface area contributed by atoms with Gasteiger partial charge in [0.2, 0.25) is 0 Å². The second kappa shape index (κ2) is 11.4. The van der Waals surface area contributed by atoms with E-state index in [4.69, 9.17) is 0 Å². The Morgan fingerprint density at radius 3 is 2.62 bits per heavy atom. The standard InChI is InChI=1S/C16H26N6S.HI/c1-13-12-21-15(23-13)6-8-20-16(17-3)19-7-4-5-10-22-11-9-18-14(22)2;/h9,11-12H,4-8,10H2,1-3H3,(H2,17,19,20);1H. The van der Waals surface area contributed by atoms with E-state index in [1.165, 1.54) is 9.88 Å². The molecule has 0 unspecified atom stereocenters. The zero-order valence-electron chi connectivity index (χ0n) is 14.6. The Bertz CT molecular complexity index is 622. The molecule has 0 saturated carbocycles. The summed E-state index contributed by atoms with van der Waals surface area (Å²) in [6.07, 6.45) is 8.96. The minimum Gasteiger partial charge on any atom is -0.356 e. The molecule has 0 fully saturated rings. The molecule has 6 nitrogen and oxygen atoms in total. The molecule has 0 aliphatic heterocycles. The summed E-state index contributed by atoms with van der Waals surface area (Å²) in [5, 5.41) is 7.85. The highest BCUT2D eigenvalue weighted by Crippen LogP contribution is 2.10. The summed E-state index contributed by atoms with van der Waals surface area (Å²) in [5.74, 6) is 1.94. The number of rotatable bonds is 8. The van der Waals surface area contributed by atoms with Gasteiger partial charge in [-0.1, -0.05) is 0 Å². The van der Waals surface area contributed by atoms with Gasteiger partial charge in [-0.3, -0.25) is 4.99 Å². The van der Waals surface area contributed by atoms with E-state index >= 15 is 0 Å². The topological polar surface area (TPSA) is 67.1 Å². The minimum absolute atomic E-state index is 0. The number of aliphatic imine (C=N–C) groups is 1. The van der Waals surface area contributed by atoms with Gasteiger partial charge in [-0.2, -0.15) is 0 Å². The van der Waals surface area contributed by atoms with Gasteiger partial charge in [0.15, 0.2) is 5.96 Å². The third-order valence-corrected chi connectivity index (χ3v) is 4.54. The lowest BCUT2D eigenvalue weighted by molar-refractivity contribution is 0.588. The number of thiazole rings is 1. The van der Waals surface area contributed by atoms with Crippen LogP contribution in [0.4, 0.5) is 0 Å². The van der Waals surface area contributed by atoms with Crippen LogP contribution in [0.5, 0.6) is 0 Å². The highest BCUT2D eigenvalue weighted by atomic mass is 127. The fraction of sp³-hybridized carbons (Fsp3) is 0.562. The predicted molar refractivity (Wildman–Crippen MR) is 112 cm³/mol. The van der Waals surface area contributed by atoms with E-state index in [2.05, 4.69) is 37.1 Å². The van der Waals surface area contributed by atoms with Crippen molar-refractivity contribution < 1.29 is 0 Å². The molecule has 0 aliphatic carbocycles. The van der Waals surface area contributed by atoms with E-state index in [1.807, 2.05) is 25.5 Å². The highest BCUT2D eigenvalue weighted by molar-refractivity contribution is 14.0. The van der Waals surface area contributed by atoms with Crippen molar-refractivity contribution >= 4 is 41.3 Å². The molecular weight excluding hydrogens is 435 g/mol. The average Bonchev–Trinajstić information content (AvgIpc) is 3.14. The first-order chi connectivity index (χ1) is 11.2. The molecule has 0 bridgehead atoms. The maximum atomic E-state index is 4.37. The fourth-order valence-electron chi connectivity index (χ4n) is 2.28. The largest absolute Gasteiger partial charge is 0.356 e. The molecule has 2 aromatic rings. The van der Waals surface area contributed by atoms with Crippen LogP contribution in [-0.4, -0.2) is 40.6 Å². The van der Waals surface area contributed by atoms with Crippen LogP contribution in [0, 0.1) is 13.8 Å². The number of halogens is 1. The number of aryl methyl sites for hydroxylation is 3. The maximum absolute atomic E-state index is 4.37. The normalized spacial score (nSPS) is 11.2. The summed E-state index contributed by atoms with van der Waals surface area (Å²) in [6.45, 7) is 6.90. The predicted octanol–water partition coefficient (Wildman–Crippen LogP) is 2.76. The van der Waals surface area contributed by atoms with Gasteiger partial charge in [0, 0.05) is 56.6 Å². The van der Waals surface area contributed by atoms with Crippen molar-refractivity contribution in [1.82, 2.24) is 25.2 Å². The van der Waals surface area contributed by atoms with Crippen LogP contribution in [-0.2, 0) is 13.0 Å². The van der Waals surface area contributed by atoms with Crippen molar-refractivity contribution in [2.24, 2.45) is 4.99 Å². The van der Waals surface area contributed by atoms with E-state index in [-0.39, 0.29) is 24.0 Å². The molecule has 0 atom stereocenters. The Kier molecular flexibility index (Phi) is 9.92. The van der Waals surface area contributed by atoms with E-state index < -0.39 is 0 Å². The number of guanidine groups is 1. The van der Waals surface area contributed by atoms with E-state index in [0.717, 1.165) is 50.7 Å². The third kappa shape index (κ3) is 7.16. The smallest absolute Gasteiger partial charge is 0.190 e. The van der Waals surface area contributed by atoms with Gasteiger partial charge in [0.1, 0.15) is 5.82 Å². The average molecular weight is 462 g/mol. The summed E-state index contributed by atoms with van der Waals surface area (Å²) in [6, 6.07) is 0. The van der Waals surface area contributed by atoms with Gasteiger partial charge in [0.25, 0.3) is 0 Å². The Balaban J connectivity index is 0.00000288. The van der Waals surface area contributed by atoms with Gasteiger partial charge < -0.3 is 15.2 Å². The summed E-state index contributed by atoms with van der Waals surface area (Å²) in [5.41, 5.74) is 0. The van der Waals surface area contributed by atoms with Crippen LogP contribution in [0.2, 0.25) is 0 Å². The lowest BCUT2D eigenvalue weighted by atomic mass is 10.3. The van der Waals surface area contributed by atoms with Gasteiger partial charge >= 0.3 is 0 Å². The quantitative estimate of drug-likeness (QED) is 0.274. The number of hydrogen-bond acceptors (Lipinski definition) is 4. The van der Waals surface area contributed by atoms with Crippen molar-refractivity contribution in [3.8, 4) is 0 Å². The monoisotopic (exact) mass is 462 g/mol. The molecule has 134 valence electrons. The second-order valence-electron chi connectivity index (χ2n) is 5.42. The van der Waals surface area contributed by atoms with Gasteiger partial charge in [-0.05, 0) is 26.7 Å². The Morgan fingerprint density at radius 2 is 2.00 bits per heavy atom. The lowest BCUT2D eigenvalue weighted by Gasteiger charge is -2.11. The van der Waals surface area contributed by atoms with E-state index in [1.54, 1.807) is 18.4 Å². The molecule has 8 heteroatoms. The van der Waals surface area contributed by atoms with E-state index in [9.17, 15) is 0 Å². The van der Waals surface area contributed by atoms with Crippen LogP contribution in [0.3, 0.4) is 0 Å². The maximum Gasteiger partial charge on any atom is 0.190 e. The van der Waals surface area contributed by atoms with Crippen LogP contribution in [0.15, 0.2) is 23.6 Å². The van der Waals surface area contributed by atoms with Gasteiger partial charge in [-0.15, -0.1) is 35.3 Å². The lowest BCUT2D eigenvalue weighted by Crippen LogP contribution is -2.38. The summed E-state index contributed by atoms with van der Waals surface area (Å²) in [4.78, 5) is 14.1. The second-order valence-corrected chi connectivity index (χ2v) is 6.73. The molecule has 0 aromatic carbocycles. The van der Waals surface area contributed by atoms with Crippen LogP contribution in [0.1, 0.15) is 28.6 Å². The first kappa shape index (κ1) is 20.9. The van der Waals surface area contributed by atoms with E-state index in [0.29, 0.717) is 0 Å².